The van der Waals surface area contributed by atoms with E-state index in [1.807, 2.05) is 0 Å². The summed E-state index contributed by atoms with van der Waals surface area (Å²) in [7, 11) is -3.68. The van der Waals surface area contributed by atoms with Gasteiger partial charge >= 0.3 is 0 Å². The van der Waals surface area contributed by atoms with Crippen LogP contribution in [0.2, 0.25) is 0 Å². The zero-order valence-electron chi connectivity index (χ0n) is 13.3. The summed E-state index contributed by atoms with van der Waals surface area (Å²) in [6.45, 7) is 0.211. The van der Waals surface area contributed by atoms with E-state index >= 15 is 0 Å². The Hall–Kier alpha value is -2.72. The molecule has 0 aliphatic carbocycles. The number of benzene rings is 1. The maximum atomic E-state index is 12.8. The highest BCUT2D eigenvalue weighted by atomic mass is 32.2. The molecular weight excluding hydrogens is 346 g/mol. The Balaban J connectivity index is 1.79. The maximum absolute atomic E-state index is 12.8. The molecule has 9 nitrogen and oxygen atoms in total. The molecule has 2 heterocycles. The number of rotatable bonds is 5. The molecule has 1 aliphatic rings. The molecule has 0 unspecified atom stereocenters. The third kappa shape index (κ3) is 3.69. The monoisotopic (exact) mass is 363 g/mol. The number of hydrogen-bond acceptors (Lipinski definition) is 7. The van der Waals surface area contributed by atoms with Crippen molar-refractivity contribution in [1.82, 2.24) is 14.3 Å². The molecule has 1 aromatic carbocycles. The number of fused-ring (bicyclic) bond motifs is 1. The number of ether oxygens (including phenoxy) is 1. The van der Waals surface area contributed by atoms with Gasteiger partial charge in [0.1, 0.15) is 5.75 Å². The number of primary amides is 1. The smallest absolute Gasteiger partial charge is 0.255 e. The van der Waals surface area contributed by atoms with E-state index in [1.54, 1.807) is 6.20 Å². The summed E-state index contributed by atoms with van der Waals surface area (Å²) in [5, 5.41) is 0. The number of aromatic nitrogens is 2. The second-order valence-corrected chi connectivity index (χ2v) is 7.45. The van der Waals surface area contributed by atoms with Gasteiger partial charge in [-0.25, -0.2) is 18.4 Å². The zero-order chi connectivity index (χ0) is 18.0. The fourth-order valence-electron chi connectivity index (χ4n) is 2.51. The highest BCUT2D eigenvalue weighted by Crippen LogP contribution is 2.25. The van der Waals surface area contributed by atoms with Crippen LogP contribution in [0.25, 0.3) is 0 Å². The number of nitrogens with zero attached hydrogens (tertiary/aromatic N) is 3. The minimum Gasteiger partial charge on any atom is -0.484 e. The highest BCUT2D eigenvalue weighted by Gasteiger charge is 2.29. The molecule has 1 aliphatic heterocycles. The van der Waals surface area contributed by atoms with Crippen LogP contribution in [0, 0.1) is 0 Å². The Labute approximate surface area is 144 Å². The van der Waals surface area contributed by atoms with Crippen LogP contribution in [-0.2, 0) is 27.8 Å². The topological polar surface area (TPSA) is 142 Å². The Kier molecular flexibility index (Phi) is 4.55. The lowest BCUT2D eigenvalue weighted by atomic mass is 10.1. The molecule has 10 heteroatoms. The number of amides is 1. The highest BCUT2D eigenvalue weighted by molar-refractivity contribution is 7.89. The number of anilines is 1. The average Bonchev–Trinajstić information content (AvgIpc) is 2.59. The average molecular weight is 363 g/mol. The zero-order valence-corrected chi connectivity index (χ0v) is 14.1. The van der Waals surface area contributed by atoms with Gasteiger partial charge in [-0.2, -0.15) is 4.31 Å². The van der Waals surface area contributed by atoms with E-state index in [4.69, 9.17) is 16.2 Å². The second kappa shape index (κ2) is 6.65. The first-order chi connectivity index (χ1) is 11.9. The lowest BCUT2D eigenvalue weighted by Crippen LogP contribution is -2.36. The molecule has 0 radical (unpaired) electrons. The third-order valence-electron chi connectivity index (χ3n) is 3.77. The van der Waals surface area contributed by atoms with E-state index in [2.05, 4.69) is 9.97 Å². The van der Waals surface area contributed by atoms with Crippen molar-refractivity contribution < 1.29 is 17.9 Å². The SMILES string of the molecule is NC(=O)COc1ccc(S(=O)(=O)N2CCc3cnc(N)nc3C2)cc1. The van der Waals surface area contributed by atoms with Crippen molar-refractivity contribution in [3.63, 3.8) is 0 Å². The largest absolute Gasteiger partial charge is 0.484 e. The van der Waals surface area contributed by atoms with Gasteiger partial charge in [-0.05, 0) is 36.2 Å². The summed E-state index contributed by atoms with van der Waals surface area (Å²) in [5.74, 6) is -0.124. The molecule has 0 saturated heterocycles. The normalized spacial score (nSPS) is 14.7. The van der Waals surface area contributed by atoms with Gasteiger partial charge in [0.25, 0.3) is 5.91 Å². The minimum atomic E-state index is -3.68. The Morgan fingerprint density at radius 2 is 2.00 bits per heavy atom. The van der Waals surface area contributed by atoms with Crippen LogP contribution in [0.3, 0.4) is 0 Å². The molecule has 3 rings (SSSR count). The van der Waals surface area contributed by atoms with E-state index < -0.39 is 15.9 Å². The van der Waals surface area contributed by atoms with Crippen LogP contribution in [-0.4, -0.2) is 41.7 Å². The number of hydrogen-bond donors (Lipinski definition) is 2. The molecule has 1 amide bonds. The van der Waals surface area contributed by atoms with Crippen molar-refractivity contribution in [3.8, 4) is 5.75 Å². The lowest BCUT2D eigenvalue weighted by Gasteiger charge is -2.27. The molecule has 0 saturated carbocycles. The van der Waals surface area contributed by atoms with Crippen molar-refractivity contribution in [2.45, 2.75) is 17.9 Å². The van der Waals surface area contributed by atoms with E-state index in [1.165, 1.54) is 28.6 Å². The van der Waals surface area contributed by atoms with Gasteiger partial charge in [-0.3, -0.25) is 4.79 Å². The minimum absolute atomic E-state index is 0.119. The Bertz CT molecular complexity index is 899. The Morgan fingerprint density at radius 1 is 1.28 bits per heavy atom. The van der Waals surface area contributed by atoms with Crippen LogP contribution in [0.5, 0.6) is 5.75 Å². The first kappa shape index (κ1) is 17.1. The molecule has 0 bridgehead atoms. The summed E-state index contributed by atoms with van der Waals surface area (Å²) >= 11 is 0. The van der Waals surface area contributed by atoms with Crippen molar-refractivity contribution >= 4 is 21.9 Å². The molecule has 0 spiro atoms. The molecule has 2 aromatic rings. The summed E-state index contributed by atoms with van der Waals surface area (Å²) in [5.41, 5.74) is 12.1. The summed E-state index contributed by atoms with van der Waals surface area (Å²) in [6.07, 6.45) is 2.15. The fraction of sp³-hybridized carbons (Fsp3) is 0.267. The first-order valence-electron chi connectivity index (χ1n) is 7.48. The predicted molar refractivity (Wildman–Crippen MR) is 88.9 cm³/mol. The van der Waals surface area contributed by atoms with E-state index in [0.29, 0.717) is 24.4 Å². The summed E-state index contributed by atoms with van der Waals surface area (Å²) < 4.78 is 32.1. The third-order valence-corrected chi connectivity index (χ3v) is 5.63. The van der Waals surface area contributed by atoms with E-state index in [0.717, 1.165) is 5.56 Å². The first-order valence-corrected chi connectivity index (χ1v) is 8.92. The fourth-order valence-corrected chi connectivity index (χ4v) is 3.91. The van der Waals surface area contributed by atoms with Crippen molar-refractivity contribution in [1.29, 1.82) is 0 Å². The van der Waals surface area contributed by atoms with Crippen LogP contribution in [0.1, 0.15) is 11.3 Å². The number of nitrogens with two attached hydrogens (primary N) is 2. The van der Waals surface area contributed by atoms with Crippen LogP contribution in [0.4, 0.5) is 5.95 Å². The van der Waals surface area contributed by atoms with Crippen LogP contribution >= 0.6 is 0 Å². The summed E-state index contributed by atoms with van der Waals surface area (Å²) in [4.78, 5) is 18.9. The van der Waals surface area contributed by atoms with Crippen LogP contribution in [0.15, 0.2) is 35.4 Å². The quantitative estimate of drug-likeness (QED) is 0.740. The number of carbonyl (C=O) groups excluding carboxylic acids is 1. The van der Waals surface area contributed by atoms with Gasteiger partial charge in [0.05, 0.1) is 17.1 Å². The van der Waals surface area contributed by atoms with E-state index in [-0.39, 0.29) is 24.0 Å². The van der Waals surface area contributed by atoms with Gasteiger partial charge in [0, 0.05) is 12.7 Å². The van der Waals surface area contributed by atoms with Crippen molar-refractivity contribution in [3.05, 3.63) is 41.7 Å². The Morgan fingerprint density at radius 3 is 2.68 bits per heavy atom. The van der Waals surface area contributed by atoms with Crippen LogP contribution < -0.4 is 16.2 Å². The van der Waals surface area contributed by atoms with Crippen molar-refractivity contribution in [2.75, 3.05) is 18.9 Å². The van der Waals surface area contributed by atoms with Crippen molar-refractivity contribution in [2.24, 2.45) is 5.73 Å². The number of nitrogen functional groups attached to an aromatic ring is 1. The molecule has 132 valence electrons. The molecule has 25 heavy (non-hydrogen) atoms. The number of sulfonamides is 1. The molecule has 4 N–H and O–H groups in total. The molecule has 0 atom stereocenters. The van der Waals surface area contributed by atoms with Gasteiger partial charge in [-0.15, -0.1) is 0 Å². The molecular formula is C15H17N5O4S. The number of carbonyl (C=O) groups is 1. The standard InChI is InChI=1S/C15H17N5O4S/c16-14(21)9-24-11-1-3-12(4-2-11)25(22,23)20-6-5-10-7-18-15(17)19-13(10)8-20/h1-4,7H,5-6,8-9H2,(H2,16,21)(H2,17,18,19). The summed E-state index contributed by atoms with van der Waals surface area (Å²) in [6, 6.07) is 5.81. The molecule has 1 aromatic heterocycles. The van der Waals surface area contributed by atoms with Gasteiger partial charge in [0.15, 0.2) is 6.61 Å². The maximum Gasteiger partial charge on any atom is 0.255 e. The van der Waals surface area contributed by atoms with Gasteiger partial charge in [-0.1, -0.05) is 0 Å². The van der Waals surface area contributed by atoms with Gasteiger partial charge in [0.2, 0.25) is 16.0 Å². The predicted octanol–water partition coefficient (Wildman–Crippen LogP) is -0.330. The van der Waals surface area contributed by atoms with E-state index in [9.17, 15) is 13.2 Å². The molecule has 0 fully saturated rings. The second-order valence-electron chi connectivity index (χ2n) is 5.52. The van der Waals surface area contributed by atoms with Gasteiger partial charge < -0.3 is 16.2 Å². The lowest BCUT2D eigenvalue weighted by molar-refractivity contribution is -0.119.